The molecule has 2 amide bonds. The quantitative estimate of drug-likeness (QED) is 0.778. The molecule has 0 bridgehead atoms. The average Bonchev–Trinajstić information content (AvgIpc) is 2.40. The lowest BCUT2D eigenvalue weighted by Crippen LogP contribution is -2.41. The summed E-state index contributed by atoms with van der Waals surface area (Å²) >= 11 is 0. The Balaban J connectivity index is 2.13. The first kappa shape index (κ1) is 15.6. The fraction of sp³-hybridized carbons (Fsp3) is 0.500. The van der Waals surface area contributed by atoms with Crippen LogP contribution in [0, 0.1) is 11.7 Å². The third-order valence-corrected chi connectivity index (χ3v) is 3.48. The molecule has 21 heavy (non-hydrogen) atoms. The summed E-state index contributed by atoms with van der Waals surface area (Å²) in [4.78, 5) is 13.5. The zero-order chi connectivity index (χ0) is 15.6. The van der Waals surface area contributed by atoms with E-state index in [4.69, 9.17) is 0 Å². The standard InChI is InChI=1S/C14H16F4N2O/c1-9-3-2-6-20(8-9)13(21)19-12-7-10(14(16,17)18)4-5-11(12)15/h4-5,7,9H,2-3,6,8H2,1H3,(H,19,21). The maximum Gasteiger partial charge on any atom is 0.416 e. The second-order valence-corrected chi connectivity index (χ2v) is 5.32. The summed E-state index contributed by atoms with van der Waals surface area (Å²) < 4.78 is 51.4. The highest BCUT2D eigenvalue weighted by Gasteiger charge is 2.31. The predicted molar refractivity (Wildman–Crippen MR) is 70.4 cm³/mol. The van der Waals surface area contributed by atoms with Gasteiger partial charge in [0, 0.05) is 13.1 Å². The number of alkyl halides is 3. The van der Waals surface area contributed by atoms with Crippen molar-refractivity contribution < 1.29 is 22.4 Å². The molecule has 1 heterocycles. The Morgan fingerprint density at radius 2 is 2.10 bits per heavy atom. The molecule has 1 fully saturated rings. The molecule has 1 aliphatic heterocycles. The zero-order valence-electron chi connectivity index (χ0n) is 11.5. The minimum atomic E-state index is -4.58. The smallest absolute Gasteiger partial charge is 0.324 e. The maximum absolute atomic E-state index is 13.6. The molecule has 1 unspecified atom stereocenters. The molecule has 0 spiro atoms. The van der Waals surface area contributed by atoms with Crippen LogP contribution in [-0.2, 0) is 6.18 Å². The van der Waals surface area contributed by atoms with Gasteiger partial charge in [-0.1, -0.05) is 6.92 Å². The van der Waals surface area contributed by atoms with Crippen LogP contribution in [0.2, 0.25) is 0 Å². The van der Waals surface area contributed by atoms with Gasteiger partial charge in [-0.3, -0.25) is 0 Å². The first-order valence-electron chi connectivity index (χ1n) is 6.70. The van der Waals surface area contributed by atoms with E-state index in [2.05, 4.69) is 5.32 Å². The number of urea groups is 1. The molecule has 1 aromatic carbocycles. The van der Waals surface area contributed by atoms with E-state index < -0.39 is 29.3 Å². The van der Waals surface area contributed by atoms with E-state index in [9.17, 15) is 22.4 Å². The highest BCUT2D eigenvalue weighted by molar-refractivity contribution is 5.89. The van der Waals surface area contributed by atoms with Crippen molar-refractivity contribution >= 4 is 11.7 Å². The van der Waals surface area contributed by atoms with E-state index in [0.29, 0.717) is 37.2 Å². The molecule has 0 aromatic heterocycles. The third kappa shape index (κ3) is 3.86. The lowest BCUT2D eigenvalue weighted by molar-refractivity contribution is -0.137. The van der Waals surface area contributed by atoms with Crippen LogP contribution in [0.4, 0.5) is 28.0 Å². The molecule has 1 aromatic rings. The van der Waals surface area contributed by atoms with Gasteiger partial charge < -0.3 is 10.2 Å². The summed E-state index contributed by atoms with van der Waals surface area (Å²) in [6.45, 7) is 3.04. The summed E-state index contributed by atoms with van der Waals surface area (Å²) in [5.41, 5.74) is -1.45. The molecule has 1 aliphatic rings. The van der Waals surface area contributed by atoms with Gasteiger partial charge in [-0.25, -0.2) is 9.18 Å². The number of likely N-dealkylation sites (tertiary alicyclic amines) is 1. The lowest BCUT2D eigenvalue weighted by Gasteiger charge is -2.31. The van der Waals surface area contributed by atoms with E-state index in [-0.39, 0.29) is 0 Å². The van der Waals surface area contributed by atoms with Crippen molar-refractivity contribution in [1.82, 2.24) is 4.90 Å². The van der Waals surface area contributed by atoms with Gasteiger partial charge in [0.25, 0.3) is 0 Å². The van der Waals surface area contributed by atoms with E-state index >= 15 is 0 Å². The maximum atomic E-state index is 13.6. The van der Waals surface area contributed by atoms with Crippen LogP contribution in [0.1, 0.15) is 25.3 Å². The molecule has 2 rings (SSSR count). The van der Waals surface area contributed by atoms with Crippen LogP contribution < -0.4 is 5.32 Å². The minimum absolute atomic E-state index is 0.329. The summed E-state index contributed by atoms with van der Waals surface area (Å²) in [7, 11) is 0. The second kappa shape index (κ2) is 5.91. The fourth-order valence-electron chi connectivity index (χ4n) is 2.37. The Hall–Kier alpha value is -1.79. The van der Waals surface area contributed by atoms with E-state index in [1.54, 1.807) is 0 Å². The lowest BCUT2D eigenvalue weighted by atomic mass is 10.0. The summed E-state index contributed by atoms with van der Waals surface area (Å²) in [5.74, 6) is -0.558. The first-order chi connectivity index (χ1) is 9.77. The number of benzene rings is 1. The van der Waals surface area contributed by atoms with Crippen molar-refractivity contribution in [2.24, 2.45) is 5.92 Å². The summed E-state index contributed by atoms with van der Waals surface area (Å²) in [5, 5.41) is 2.22. The zero-order valence-corrected chi connectivity index (χ0v) is 11.5. The van der Waals surface area contributed by atoms with Crippen molar-refractivity contribution in [2.45, 2.75) is 25.9 Å². The second-order valence-electron chi connectivity index (χ2n) is 5.32. The van der Waals surface area contributed by atoms with Crippen molar-refractivity contribution in [1.29, 1.82) is 0 Å². The molecule has 1 atom stereocenters. The van der Waals surface area contributed by atoms with Crippen molar-refractivity contribution in [3.8, 4) is 0 Å². The largest absolute Gasteiger partial charge is 0.416 e. The number of hydrogen-bond acceptors (Lipinski definition) is 1. The number of hydrogen-bond donors (Lipinski definition) is 1. The van der Waals surface area contributed by atoms with Gasteiger partial charge >= 0.3 is 12.2 Å². The number of nitrogens with one attached hydrogen (secondary N) is 1. The van der Waals surface area contributed by atoms with Gasteiger partial charge in [0.05, 0.1) is 11.3 Å². The number of halogens is 4. The number of carbonyl (C=O) groups excluding carboxylic acids is 1. The molecule has 1 saturated heterocycles. The molecular formula is C14H16F4N2O. The first-order valence-corrected chi connectivity index (χ1v) is 6.70. The Bertz CT molecular complexity index is 530. The van der Waals surface area contributed by atoms with Gasteiger partial charge in [0.15, 0.2) is 0 Å². The van der Waals surface area contributed by atoms with Gasteiger partial charge in [-0.2, -0.15) is 13.2 Å². The summed E-state index contributed by atoms with van der Waals surface area (Å²) in [6.07, 6.45) is -2.74. The Morgan fingerprint density at radius 3 is 2.71 bits per heavy atom. The molecule has 0 saturated carbocycles. The van der Waals surface area contributed by atoms with E-state index in [0.717, 1.165) is 12.8 Å². The van der Waals surface area contributed by atoms with Crippen molar-refractivity contribution in [3.63, 3.8) is 0 Å². The van der Waals surface area contributed by atoms with Crippen LogP contribution in [0.5, 0.6) is 0 Å². The summed E-state index contributed by atoms with van der Waals surface area (Å²) in [6, 6.07) is 1.39. The number of piperidine rings is 1. The topological polar surface area (TPSA) is 32.3 Å². The molecule has 3 nitrogen and oxygen atoms in total. The average molecular weight is 304 g/mol. The Kier molecular flexibility index (Phi) is 4.39. The van der Waals surface area contributed by atoms with Crippen LogP contribution in [-0.4, -0.2) is 24.0 Å². The van der Waals surface area contributed by atoms with Gasteiger partial charge in [-0.05, 0) is 37.0 Å². The molecule has 7 heteroatoms. The number of carbonyl (C=O) groups is 1. The van der Waals surface area contributed by atoms with Crippen molar-refractivity contribution in [2.75, 3.05) is 18.4 Å². The molecular weight excluding hydrogens is 288 g/mol. The molecule has 1 N–H and O–H groups in total. The Morgan fingerprint density at radius 1 is 1.38 bits per heavy atom. The fourth-order valence-corrected chi connectivity index (χ4v) is 2.37. The number of amides is 2. The van der Waals surface area contributed by atoms with Crippen molar-refractivity contribution in [3.05, 3.63) is 29.6 Å². The highest BCUT2D eigenvalue weighted by atomic mass is 19.4. The van der Waals surface area contributed by atoms with Crippen LogP contribution in [0.3, 0.4) is 0 Å². The third-order valence-electron chi connectivity index (χ3n) is 3.48. The van der Waals surface area contributed by atoms with E-state index in [1.165, 1.54) is 4.90 Å². The monoisotopic (exact) mass is 304 g/mol. The van der Waals surface area contributed by atoms with Gasteiger partial charge in [-0.15, -0.1) is 0 Å². The molecule has 0 radical (unpaired) electrons. The van der Waals surface area contributed by atoms with E-state index in [1.807, 2.05) is 6.92 Å². The van der Waals surface area contributed by atoms with Gasteiger partial charge in [0.1, 0.15) is 5.82 Å². The van der Waals surface area contributed by atoms with Gasteiger partial charge in [0.2, 0.25) is 0 Å². The molecule has 0 aliphatic carbocycles. The highest BCUT2D eigenvalue weighted by Crippen LogP contribution is 2.32. The normalized spacial score (nSPS) is 19.5. The minimum Gasteiger partial charge on any atom is -0.324 e. The SMILES string of the molecule is CC1CCCN(C(=O)Nc2cc(C(F)(F)F)ccc2F)C1. The van der Waals surface area contributed by atoms with Crippen LogP contribution in [0.15, 0.2) is 18.2 Å². The number of nitrogens with zero attached hydrogens (tertiary/aromatic N) is 1. The number of anilines is 1. The number of rotatable bonds is 1. The Labute approximate surface area is 119 Å². The molecule has 116 valence electrons. The van der Waals surface area contributed by atoms with Crippen LogP contribution >= 0.6 is 0 Å². The van der Waals surface area contributed by atoms with Crippen LogP contribution in [0.25, 0.3) is 0 Å². The predicted octanol–water partition coefficient (Wildman–Crippen LogP) is 4.11.